The fourth-order valence-corrected chi connectivity index (χ4v) is 0.926. The van der Waals surface area contributed by atoms with Crippen LogP contribution in [0.5, 0.6) is 0 Å². The summed E-state index contributed by atoms with van der Waals surface area (Å²) in [6.45, 7) is 3.29. The van der Waals surface area contributed by atoms with E-state index < -0.39 is 0 Å². The monoisotopic (exact) mass is 233 g/mol. The van der Waals surface area contributed by atoms with E-state index in [-0.39, 0.29) is 11.8 Å². The number of amides is 2. The van der Waals surface area contributed by atoms with Crippen molar-refractivity contribution >= 4 is 27.7 Å². The van der Waals surface area contributed by atoms with Crippen LogP contribution in [0.25, 0.3) is 0 Å². The van der Waals surface area contributed by atoms with Gasteiger partial charge in [-0.25, -0.2) is 0 Å². The number of halogens is 1. The molecule has 68 valence electrons. The molecule has 4 heteroatoms. The van der Waals surface area contributed by atoms with Crippen molar-refractivity contribution in [3.63, 3.8) is 0 Å². The Hall–Kier alpha value is -0.640. The molecule has 0 radical (unpaired) electrons. The highest BCUT2D eigenvalue weighted by Gasteiger charge is 2.12. The first kappa shape index (κ1) is 11.4. The number of hydrogen-bond donors (Lipinski definition) is 0. The molecule has 0 aliphatic rings. The normalized spacial score (nSPS) is 9.17. The van der Waals surface area contributed by atoms with Gasteiger partial charge in [-0.05, 0) is 12.5 Å². The fourth-order valence-electron chi connectivity index (χ4n) is 0.646. The van der Waals surface area contributed by atoms with Gasteiger partial charge in [0.25, 0.3) is 5.91 Å². The lowest BCUT2D eigenvalue weighted by Gasteiger charge is -2.11. The quantitative estimate of drug-likeness (QED) is 0.543. The van der Waals surface area contributed by atoms with Gasteiger partial charge in [-0.15, -0.1) is 0 Å². The Balaban J connectivity index is 3.92. The van der Waals surface area contributed by atoms with E-state index in [0.717, 1.165) is 22.7 Å². The molecule has 0 bridgehead atoms. The van der Waals surface area contributed by atoms with E-state index in [4.69, 9.17) is 0 Å². The van der Waals surface area contributed by atoms with Gasteiger partial charge < -0.3 is 0 Å². The third-order valence-electron chi connectivity index (χ3n) is 1.40. The second kappa shape index (κ2) is 5.94. The van der Waals surface area contributed by atoms with E-state index in [2.05, 4.69) is 22.5 Å². The summed E-state index contributed by atoms with van der Waals surface area (Å²) in [5.41, 5.74) is 0. The molecule has 2 amide bonds. The number of carbonyl (C=O) groups is 2. The molecular weight excluding hydrogens is 222 g/mol. The molecule has 0 fully saturated rings. The van der Waals surface area contributed by atoms with Crippen molar-refractivity contribution in [1.29, 1.82) is 0 Å². The van der Waals surface area contributed by atoms with Gasteiger partial charge in [0.05, 0.1) is 0 Å². The van der Waals surface area contributed by atoms with Gasteiger partial charge >= 0.3 is 0 Å². The number of hydrogen-bond acceptors (Lipinski definition) is 2. The zero-order valence-corrected chi connectivity index (χ0v) is 8.63. The SMILES string of the molecule is C=CC(=O)N(C)C(=O)CCCBr. The first-order valence-electron chi connectivity index (χ1n) is 3.62. The third-order valence-corrected chi connectivity index (χ3v) is 1.96. The highest BCUT2D eigenvalue weighted by Crippen LogP contribution is 1.98. The summed E-state index contributed by atoms with van der Waals surface area (Å²) < 4.78 is 0. The van der Waals surface area contributed by atoms with Crippen molar-refractivity contribution in [1.82, 2.24) is 4.90 Å². The Bertz CT molecular complexity index is 191. The van der Waals surface area contributed by atoms with Gasteiger partial charge in [-0.1, -0.05) is 22.5 Å². The van der Waals surface area contributed by atoms with Crippen molar-refractivity contribution in [3.05, 3.63) is 12.7 Å². The van der Waals surface area contributed by atoms with Crippen LogP contribution in [-0.4, -0.2) is 29.1 Å². The van der Waals surface area contributed by atoms with E-state index in [1.165, 1.54) is 7.05 Å². The van der Waals surface area contributed by atoms with Crippen LogP contribution in [0.1, 0.15) is 12.8 Å². The van der Waals surface area contributed by atoms with Gasteiger partial charge in [0.2, 0.25) is 5.91 Å². The number of rotatable bonds is 4. The maximum absolute atomic E-state index is 11.1. The van der Waals surface area contributed by atoms with Crippen LogP contribution >= 0.6 is 15.9 Å². The Morgan fingerprint density at radius 3 is 2.58 bits per heavy atom. The fraction of sp³-hybridized carbons (Fsp3) is 0.500. The van der Waals surface area contributed by atoms with E-state index in [0.29, 0.717) is 6.42 Å². The lowest BCUT2D eigenvalue weighted by atomic mass is 10.3. The van der Waals surface area contributed by atoms with Crippen LogP contribution in [0, 0.1) is 0 Å². The maximum atomic E-state index is 11.1. The van der Waals surface area contributed by atoms with Gasteiger partial charge in [0.1, 0.15) is 0 Å². The number of carbonyl (C=O) groups excluding carboxylic acids is 2. The molecule has 0 aromatic rings. The van der Waals surface area contributed by atoms with Crippen LogP contribution in [-0.2, 0) is 9.59 Å². The van der Waals surface area contributed by atoms with Crippen LogP contribution in [0.3, 0.4) is 0 Å². The van der Waals surface area contributed by atoms with Crippen LogP contribution < -0.4 is 0 Å². The molecule has 0 N–H and O–H groups in total. The average molecular weight is 234 g/mol. The Morgan fingerprint density at radius 1 is 1.58 bits per heavy atom. The number of imide groups is 1. The zero-order valence-electron chi connectivity index (χ0n) is 7.05. The molecule has 0 saturated carbocycles. The van der Waals surface area contributed by atoms with E-state index in [9.17, 15) is 9.59 Å². The zero-order chi connectivity index (χ0) is 9.56. The molecule has 0 saturated heterocycles. The minimum Gasteiger partial charge on any atom is -0.282 e. The topological polar surface area (TPSA) is 37.4 Å². The van der Waals surface area contributed by atoms with Crippen molar-refractivity contribution in [2.45, 2.75) is 12.8 Å². The largest absolute Gasteiger partial charge is 0.282 e. The van der Waals surface area contributed by atoms with Crippen molar-refractivity contribution in [2.75, 3.05) is 12.4 Å². The lowest BCUT2D eigenvalue weighted by Crippen LogP contribution is -2.31. The molecule has 3 nitrogen and oxygen atoms in total. The third kappa shape index (κ3) is 3.67. The molecule has 0 rings (SSSR count). The molecule has 0 spiro atoms. The Labute approximate surface area is 80.6 Å². The van der Waals surface area contributed by atoms with Gasteiger partial charge in [0, 0.05) is 18.8 Å². The summed E-state index contributed by atoms with van der Waals surface area (Å²) in [6.07, 6.45) is 2.26. The second-order valence-corrected chi connectivity index (χ2v) is 3.08. The molecule has 0 aliphatic heterocycles. The summed E-state index contributed by atoms with van der Waals surface area (Å²) >= 11 is 3.21. The highest BCUT2D eigenvalue weighted by molar-refractivity contribution is 9.09. The molecular formula is C8H12BrNO2. The van der Waals surface area contributed by atoms with Gasteiger partial charge in [-0.2, -0.15) is 0 Å². The van der Waals surface area contributed by atoms with Crippen LogP contribution in [0.4, 0.5) is 0 Å². The Kier molecular flexibility index (Phi) is 5.62. The molecule has 0 atom stereocenters. The van der Waals surface area contributed by atoms with Crippen LogP contribution in [0.15, 0.2) is 12.7 Å². The first-order valence-corrected chi connectivity index (χ1v) is 4.74. The highest BCUT2D eigenvalue weighted by atomic mass is 79.9. The number of alkyl halides is 1. The standard InChI is InChI=1S/C8H12BrNO2/c1-3-7(11)10(2)8(12)5-4-6-9/h3H,1,4-6H2,2H3. The molecule has 0 heterocycles. The molecule has 0 aromatic carbocycles. The molecule has 12 heavy (non-hydrogen) atoms. The predicted octanol–water partition coefficient (Wildman–Crippen LogP) is 1.33. The smallest absolute Gasteiger partial charge is 0.252 e. The number of nitrogens with zero attached hydrogens (tertiary/aromatic N) is 1. The first-order chi connectivity index (χ1) is 5.63. The summed E-state index contributed by atoms with van der Waals surface area (Å²) in [6, 6.07) is 0. The number of likely N-dealkylation sites (N-methyl/N-ethyl adjacent to an activating group) is 1. The summed E-state index contributed by atoms with van der Waals surface area (Å²) in [4.78, 5) is 23.1. The minimum absolute atomic E-state index is 0.167. The maximum Gasteiger partial charge on any atom is 0.252 e. The van der Waals surface area contributed by atoms with Crippen molar-refractivity contribution in [3.8, 4) is 0 Å². The summed E-state index contributed by atoms with van der Waals surface area (Å²) in [5.74, 6) is -0.520. The Morgan fingerprint density at radius 2 is 2.17 bits per heavy atom. The predicted molar refractivity (Wildman–Crippen MR) is 51.0 cm³/mol. The van der Waals surface area contributed by atoms with Gasteiger partial charge in [0.15, 0.2) is 0 Å². The lowest BCUT2D eigenvalue weighted by molar-refractivity contribution is -0.140. The van der Waals surface area contributed by atoms with E-state index >= 15 is 0 Å². The van der Waals surface area contributed by atoms with Crippen molar-refractivity contribution in [2.24, 2.45) is 0 Å². The van der Waals surface area contributed by atoms with Gasteiger partial charge in [-0.3, -0.25) is 14.5 Å². The minimum atomic E-state index is -0.352. The van der Waals surface area contributed by atoms with E-state index in [1.54, 1.807) is 0 Å². The molecule has 0 unspecified atom stereocenters. The van der Waals surface area contributed by atoms with Crippen molar-refractivity contribution < 1.29 is 9.59 Å². The second-order valence-electron chi connectivity index (χ2n) is 2.29. The van der Waals surface area contributed by atoms with E-state index in [1.807, 2.05) is 0 Å². The average Bonchev–Trinajstić information content (AvgIpc) is 2.11. The molecule has 0 aliphatic carbocycles. The molecule has 0 aromatic heterocycles. The summed E-state index contributed by atoms with van der Waals surface area (Å²) in [7, 11) is 1.46. The van der Waals surface area contributed by atoms with Crippen LogP contribution in [0.2, 0.25) is 0 Å². The summed E-state index contributed by atoms with van der Waals surface area (Å²) in [5, 5.41) is 0.773.